The van der Waals surface area contributed by atoms with E-state index in [9.17, 15) is 0 Å². The summed E-state index contributed by atoms with van der Waals surface area (Å²) in [5.74, 6) is 0. The number of halogens is 2. The molecule has 0 heterocycles. The van der Waals surface area contributed by atoms with Gasteiger partial charge in [0, 0.05) is 0 Å². The van der Waals surface area contributed by atoms with Crippen molar-refractivity contribution in [1.29, 1.82) is 0 Å². The van der Waals surface area contributed by atoms with Gasteiger partial charge in [-0.2, -0.15) is 0 Å². The second-order valence-electron chi connectivity index (χ2n) is 2.17. The van der Waals surface area contributed by atoms with Gasteiger partial charge in [0.2, 0.25) is 0 Å². The Labute approximate surface area is 98.1 Å². The number of nitrogens with two attached hydrogens (primary N) is 1. The van der Waals surface area contributed by atoms with E-state index in [0.29, 0.717) is 6.54 Å². The van der Waals surface area contributed by atoms with Crippen molar-refractivity contribution in [3.8, 4) is 0 Å². The second-order valence-corrected chi connectivity index (χ2v) is 3.90. The zero-order chi connectivity index (χ0) is 7.56. The smallest absolute Gasteiger partial charge is 1.00 e. The van der Waals surface area contributed by atoms with Gasteiger partial charge < -0.3 is 17.0 Å². The normalized spacial score (nSPS) is 9.09. The molecule has 0 bridgehead atoms. The summed E-state index contributed by atoms with van der Waals surface area (Å²) in [5, 5.41) is 0. The van der Waals surface area contributed by atoms with E-state index in [1.807, 2.05) is 27.8 Å². The molecule has 1 aromatic rings. The summed E-state index contributed by atoms with van der Waals surface area (Å²) < 4.78 is 2.38. The molecule has 0 atom stereocenters. The molecule has 0 saturated carbocycles. The van der Waals surface area contributed by atoms with Crippen LogP contribution in [0.5, 0.6) is 0 Å². The maximum Gasteiger partial charge on any atom is -1.00 e. The molecule has 0 amide bonds. The van der Waals surface area contributed by atoms with Gasteiger partial charge in [0.25, 0.3) is 0 Å². The average molecular weight is 289 g/mol. The topological polar surface area (TPSA) is 26.0 Å². The molecule has 0 unspecified atom stereocenters. The van der Waals surface area contributed by atoms with Crippen molar-refractivity contribution in [1.82, 2.24) is 0 Å². The maximum absolute atomic E-state index is 5.47. The standard InChI is InChI=1S/C7H7BrN.BrH.Mg/c8-7-3-1-2-6(4-7)5-9;;/h2-4H,5,9H2;1H;/q;;+1/p-1. The SMILES string of the molecule is NCc1c[c]([Mg+])cc(Br)c1.[Br-]. The van der Waals surface area contributed by atoms with E-state index in [-0.39, 0.29) is 17.0 Å². The molecule has 11 heavy (non-hydrogen) atoms. The van der Waals surface area contributed by atoms with E-state index in [4.69, 9.17) is 5.73 Å². The van der Waals surface area contributed by atoms with Crippen LogP contribution in [0.15, 0.2) is 22.7 Å². The Morgan fingerprint density at radius 1 is 1.36 bits per heavy atom. The molecule has 1 aromatic carbocycles. The summed E-state index contributed by atoms with van der Waals surface area (Å²) in [6.45, 7) is 0.616. The van der Waals surface area contributed by atoms with Gasteiger partial charge in [-0.15, -0.1) is 0 Å². The first-order chi connectivity index (χ1) is 4.72. The molecule has 0 aliphatic carbocycles. The van der Waals surface area contributed by atoms with E-state index in [2.05, 4.69) is 28.1 Å². The molecule has 0 radical (unpaired) electrons. The van der Waals surface area contributed by atoms with Gasteiger partial charge in [0.1, 0.15) is 0 Å². The quantitative estimate of drug-likeness (QED) is 0.579. The van der Waals surface area contributed by atoms with Crippen LogP contribution in [0.3, 0.4) is 0 Å². The van der Waals surface area contributed by atoms with Gasteiger partial charge in [-0.3, -0.25) is 0 Å². The maximum atomic E-state index is 5.47. The van der Waals surface area contributed by atoms with Gasteiger partial charge in [-0.1, -0.05) is 0 Å². The molecule has 1 rings (SSSR count). The Balaban J connectivity index is 0.000001000. The zero-order valence-electron chi connectivity index (χ0n) is 5.98. The fourth-order valence-corrected chi connectivity index (χ4v) is 2.20. The average Bonchev–Trinajstić information content (AvgIpc) is 1.85. The Kier molecular flexibility index (Phi) is 5.99. The van der Waals surface area contributed by atoms with Crippen LogP contribution in [0.4, 0.5) is 0 Å². The minimum absolute atomic E-state index is 0. The van der Waals surface area contributed by atoms with Crippen LogP contribution in [-0.4, -0.2) is 21.7 Å². The van der Waals surface area contributed by atoms with E-state index in [1.165, 1.54) is 9.26 Å². The van der Waals surface area contributed by atoms with Crippen molar-refractivity contribution in [3.05, 3.63) is 28.2 Å². The second kappa shape index (κ2) is 5.53. The number of benzene rings is 1. The van der Waals surface area contributed by atoms with Crippen molar-refractivity contribution in [2.75, 3.05) is 0 Å². The largest absolute Gasteiger partial charge is 1.00 e. The first-order valence-electron chi connectivity index (χ1n) is 3.04. The van der Waals surface area contributed by atoms with Gasteiger partial charge in [-0.05, 0) is 0 Å². The molecule has 1 nitrogen and oxygen atoms in total. The van der Waals surface area contributed by atoms with E-state index in [1.54, 1.807) is 0 Å². The van der Waals surface area contributed by atoms with Crippen LogP contribution in [0.1, 0.15) is 5.56 Å². The minimum atomic E-state index is 0. The molecule has 0 aliphatic heterocycles. The summed E-state index contributed by atoms with van der Waals surface area (Å²) in [6.07, 6.45) is 0. The number of rotatable bonds is 1. The summed E-state index contributed by atoms with van der Waals surface area (Å²) in [6, 6.07) is 6.22. The van der Waals surface area contributed by atoms with Gasteiger partial charge >= 0.3 is 81.8 Å². The zero-order valence-corrected chi connectivity index (χ0v) is 10.6. The van der Waals surface area contributed by atoms with Gasteiger partial charge in [0.05, 0.1) is 0 Å². The Bertz CT molecular complexity index is 220. The predicted molar refractivity (Wildman–Crippen MR) is 47.4 cm³/mol. The Hall–Kier alpha value is 0.906. The van der Waals surface area contributed by atoms with E-state index >= 15 is 0 Å². The van der Waals surface area contributed by atoms with Crippen LogP contribution in [0.25, 0.3) is 0 Å². The molecule has 56 valence electrons. The fourth-order valence-electron chi connectivity index (χ4n) is 0.835. The Morgan fingerprint density at radius 3 is 2.45 bits per heavy atom. The van der Waals surface area contributed by atoms with E-state index < -0.39 is 0 Å². The van der Waals surface area contributed by atoms with Crippen LogP contribution >= 0.6 is 15.9 Å². The fraction of sp³-hybridized carbons (Fsp3) is 0.143. The first kappa shape index (κ1) is 11.9. The minimum Gasteiger partial charge on any atom is -1.00 e. The van der Waals surface area contributed by atoms with Crippen LogP contribution in [0, 0.1) is 0 Å². The summed E-state index contributed by atoms with van der Waals surface area (Å²) in [5.41, 5.74) is 6.65. The van der Waals surface area contributed by atoms with Crippen LogP contribution in [0.2, 0.25) is 0 Å². The third-order valence-corrected chi connectivity index (χ3v) is 2.12. The van der Waals surface area contributed by atoms with E-state index in [0.717, 1.165) is 4.47 Å². The summed E-state index contributed by atoms with van der Waals surface area (Å²) in [4.78, 5) is 0. The third-order valence-electron chi connectivity index (χ3n) is 1.25. The molecule has 0 fully saturated rings. The molecule has 4 heteroatoms. The Morgan fingerprint density at radius 2 is 2.00 bits per heavy atom. The molecule has 0 saturated heterocycles. The third kappa shape index (κ3) is 3.89. The van der Waals surface area contributed by atoms with Crippen molar-refractivity contribution in [3.63, 3.8) is 0 Å². The van der Waals surface area contributed by atoms with Crippen molar-refractivity contribution >= 4 is 41.3 Å². The number of hydrogen-bond acceptors (Lipinski definition) is 1. The molecule has 0 aromatic heterocycles. The van der Waals surface area contributed by atoms with Crippen molar-refractivity contribution in [2.24, 2.45) is 5.73 Å². The molecule has 0 aliphatic rings. The van der Waals surface area contributed by atoms with Gasteiger partial charge in [-0.25, -0.2) is 0 Å². The van der Waals surface area contributed by atoms with Crippen molar-refractivity contribution in [2.45, 2.75) is 6.54 Å². The monoisotopic (exact) mass is 287 g/mol. The van der Waals surface area contributed by atoms with Crippen LogP contribution < -0.4 is 26.4 Å². The summed E-state index contributed by atoms with van der Waals surface area (Å²) in [7, 11) is 0. The predicted octanol–water partition coefficient (Wildman–Crippen LogP) is -2.29. The molecule has 2 N–H and O–H groups in total. The molecular weight excluding hydrogens is 282 g/mol. The first-order valence-corrected chi connectivity index (χ1v) is 4.54. The molecule has 0 spiro atoms. The summed E-state index contributed by atoms with van der Waals surface area (Å²) >= 11 is 5.27. The van der Waals surface area contributed by atoms with Gasteiger partial charge in [0.15, 0.2) is 0 Å². The molecular formula is C7H7Br2MgN. The number of hydrogen-bond donors (Lipinski definition) is 1. The van der Waals surface area contributed by atoms with Crippen LogP contribution in [-0.2, 0) is 6.54 Å². The van der Waals surface area contributed by atoms with Crippen molar-refractivity contribution < 1.29 is 17.0 Å².